The Kier molecular flexibility index (Phi) is 5.22. The first-order valence-corrected chi connectivity index (χ1v) is 8.11. The second-order valence-corrected chi connectivity index (χ2v) is 6.22. The van der Waals surface area contributed by atoms with Gasteiger partial charge in [0, 0.05) is 44.0 Å². The lowest BCUT2D eigenvalue weighted by atomic mass is 10.0. The van der Waals surface area contributed by atoms with Crippen LogP contribution in [0, 0.1) is 5.82 Å². The monoisotopic (exact) mass is 292 g/mol. The van der Waals surface area contributed by atoms with Crippen LogP contribution in [0.15, 0.2) is 24.3 Å². The SMILES string of the molecule is Fc1ccccc1CN1CCC[C@H](NC2CCOCC2)C1. The van der Waals surface area contributed by atoms with Gasteiger partial charge in [-0.15, -0.1) is 0 Å². The van der Waals surface area contributed by atoms with Crippen LogP contribution in [-0.4, -0.2) is 43.3 Å². The molecule has 0 saturated carbocycles. The van der Waals surface area contributed by atoms with Crippen molar-refractivity contribution in [3.05, 3.63) is 35.6 Å². The van der Waals surface area contributed by atoms with Crippen molar-refractivity contribution in [3.8, 4) is 0 Å². The molecule has 2 aliphatic rings. The van der Waals surface area contributed by atoms with Crippen LogP contribution in [0.25, 0.3) is 0 Å². The van der Waals surface area contributed by atoms with E-state index >= 15 is 0 Å². The number of nitrogens with zero attached hydrogens (tertiary/aromatic N) is 1. The number of ether oxygens (including phenoxy) is 1. The van der Waals surface area contributed by atoms with Gasteiger partial charge in [0.15, 0.2) is 0 Å². The summed E-state index contributed by atoms with van der Waals surface area (Å²) < 4.78 is 19.2. The zero-order valence-corrected chi connectivity index (χ0v) is 12.6. The molecule has 116 valence electrons. The molecule has 0 spiro atoms. The number of likely N-dealkylation sites (tertiary alicyclic amines) is 1. The first-order chi connectivity index (χ1) is 10.3. The molecule has 1 aromatic rings. The molecule has 1 atom stereocenters. The molecule has 3 rings (SSSR count). The van der Waals surface area contributed by atoms with Crippen LogP contribution < -0.4 is 5.32 Å². The van der Waals surface area contributed by atoms with Crippen molar-refractivity contribution in [1.82, 2.24) is 10.2 Å². The fourth-order valence-corrected chi connectivity index (χ4v) is 3.40. The van der Waals surface area contributed by atoms with Crippen molar-refractivity contribution >= 4 is 0 Å². The summed E-state index contributed by atoms with van der Waals surface area (Å²) in [5, 5.41) is 3.77. The fraction of sp³-hybridized carbons (Fsp3) is 0.647. The van der Waals surface area contributed by atoms with Crippen molar-refractivity contribution in [3.63, 3.8) is 0 Å². The van der Waals surface area contributed by atoms with Gasteiger partial charge in [-0.3, -0.25) is 4.90 Å². The summed E-state index contributed by atoms with van der Waals surface area (Å²) in [7, 11) is 0. The molecule has 0 radical (unpaired) electrons. The number of rotatable bonds is 4. The summed E-state index contributed by atoms with van der Waals surface area (Å²) >= 11 is 0. The minimum absolute atomic E-state index is 0.0861. The molecule has 21 heavy (non-hydrogen) atoms. The lowest BCUT2D eigenvalue weighted by molar-refractivity contribution is 0.0690. The molecule has 4 heteroatoms. The van der Waals surface area contributed by atoms with Crippen molar-refractivity contribution in [1.29, 1.82) is 0 Å². The zero-order valence-electron chi connectivity index (χ0n) is 12.6. The van der Waals surface area contributed by atoms with Gasteiger partial charge in [-0.25, -0.2) is 4.39 Å². The van der Waals surface area contributed by atoms with Gasteiger partial charge in [0.25, 0.3) is 0 Å². The van der Waals surface area contributed by atoms with Crippen LogP contribution in [0.4, 0.5) is 4.39 Å². The van der Waals surface area contributed by atoms with Crippen molar-refractivity contribution in [2.24, 2.45) is 0 Å². The first kappa shape index (κ1) is 14.9. The zero-order chi connectivity index (χ0) is 14.5. The average Bonchev–Trinajstić information content (AvgIpc) is 2.51. The van der Waals surface area contributed by atoms with E-state index < -0.39 is 0 Å². The molecule has 0 amide bonds. The van der Waals surface area contributed by atoms with Gasteiger partial charge in [-0.05, 0) is 38.3 Å². The Morgan fingerprint density at radius 3 is 2.76 bits per heavy atom. The number of piperidine rings is 1. The molecular formula is C17H25FN2O. The summed E-state index contributed by atoms with van der Waals surface area (Å²) in [5.74, 6) is -0.0861. The van der Waals surface area contributed by atoms with Gasteiger partial charge in [-0.2, -0.15) is 0 Å². The summed E-state index contributed by atoms with van der Waals surface area (Å²) in [6, 6.07) is 8.25. The van der Waals surface area contributed by atoms with Crippen LogP contribution in [0.3, 0.4) is 0 Å². The summed E-state index contributed by atoms with van der Waals surface area (Å²) in [5.41, 5.74) is 0.809. The topological polar surface area (TPSA) is 24.5 Å². The van der Waals surface area contributed by atoms with E-state index in [0.717, 1.165) is 51.3 Å². The highest BCUT2D eigenvalue weighted by atomic mass is 19.1. The Morgan fingerprint density at radius 2 is 1.95 bits per heavy atom. The minimum atomic E-state index is -0.0861. The third-order valence-electron chi connectivity index (χ3n) is 4.55. The first-order valence-electron chi connectivity index (χ1n) is 8.11. The second-order valence-electron chi connectivity index (χ2n) is 6.22. The quantitative estimate of drug-likeness (QED) is 0.923. The van der Waals surface area contributed by atoms with E-state index in [0.29, 0.717) is 12.1 Å². The number of nitrogens with one attached hydrogen (secondary N) is 1. The second kappa shape index (κ2) is 7.34. The minimum Gasteiger partial charge on any atom is -0.381 e. The molecule has 0 aliphatic carbocycles. The van der Waals surface area contributed by atoms with E-state index in [1.165, 1.54) is 12.8 Å². The van der Waals surface area contributed by atoms with Crippen molar-refractivity contribution in [2.45, 2.75) is 44.3 Å². The lowest BCUT2D eigenvalue weighted by Gasteiger charge is -2.36. The third-order valence-corrected chi connectivity index (χ3v) is 4.55. The van der Waals surface area contributed by atoms with E-state index in [1.54, 1.807) is 12.1 Å². The molecule has 2 saturated heterocycles. The van der Waals surface area contributed by atoms with Crippen LogP contribution >= 0.6 is 0 Å². The van der Waals surface area contributed by atoms with Gasteiger partial charge >= 0.3 is 0 Å². The van der Waals surface area contributed by atoms with E-state index in [2.05, 4.69) is 10.2 Å². The summed E-state index contributed by atoms with van der Waals surface area (Å²) in [6.07, 6.45) is 4.65. The predicted molar refractivity (Wildman–Crippen MR) is 81.7 cm³/mol. The Balaban J connectivity index is 1.52. The largest absolute Gasteiger partial charge is 0.381 e. The molecule has 1 aromatic carbocycles. The standard InChI is InChI=1S/C17H25FN2O/c18-17-6-2-1-4-14(17)12-20-9-3-5-16(13-20)19-15-7-10-21-11-8-15/h1-2,4,6,15-16,19H,3,5,7-13H2/t16-/m0/s1. The lowest BCUT2D eigenvalue weighted by Crippen LogP contribution is -2.50. The average molecular weight is 292 g/mol. The molecular weight excluding hydrogens is 267 g/mol. The maximum absolute atomic E-state index is 13.8. The Labute approximate surface area is 126 Å². The molecule has 1 N–H and O–H groups in total. The van der Waals surface area contributed by atoms with Gasteiger partial charge in [0.2, 0.25) is 0 Å². The van der Waals surface area contributed by atoms with Crippen LogP contribution in [0.1, 0.15) is 31.2 Å². The maximum atomic E-state index is 13.8. The van der Waals surface area contributed by atoms with E-state index in [1.807, 2.05) is 12.1 Å². The van der Waals surface area contributed by atoms with E-state index in [4.69, 9.17) is 4.74 Å². The number of halogens is 1. The summed E-state index contributed by atoms with van der Waals surface area (Å²) in [6.45, 7) is 4.57. The smallest absolute Gasteiger partial charge is 0.127 e. The third kappa shape index (κ3) is 4.25. The Hall–Kier alpha value is -0.970. The maximum Gasteiger partial charge on any atom is 0.127 e. The number of benzene rings is 1. The summed E-state index contributed by atoms with van der Waals surface area (Å²) in [4.78, 5) is 2.37. The molecule has 0 bridgehead atoms. The van der Waals surface area contributed by atoms with Crippen molar-refractivity contribution < 1.29 is 9.13 Å². The molecule has 0 unspecified atom stereocenters. The van der Waals surface area contributed by atoms with Crippen molar-refractivity contribution in [2.75, 3.05) is 26.3 Å². The van der Waals surface area contributed by atoms with Gasteiger partial charge in [0.05, 0.1) is 0 Å². The van der Waals surface area contributed by atoms with Gasteiger partial charge in [0.1, 0.15) is 5.82 Å². The van der Waals surface area contributed by atoms with E-state index in [9.17, 15) is 4.39 Å². The highest BCUT2D eigenvalue weighted by molar-refractivity contribution is 5.17. The normalized spacial score (nSPS) is 25.1. The highest BCUT2D eigenvalue weighted by Crippen LogP contribution is 2.17. The number of hydrogen-bond donors (Lipinski definition) is 1. The highest BCUT2D eigenvalue weighted by Gasteiger charge is 2.23. The van der Waals surface area contributed by atoms with Crippen LogP contribution in [-0.2, 0) is 11.3 Å². The van der Waals surface area contributed by atoms with Crippen LogP contribution in [0.2, 0.25) is 0 Å². The molecule has 3 nitrogen and oxygen atoms in total. The fourth-order valence-electron chi connectivity index (χ4n) is 3.40. The predicted octanol–water partition coefficient (Wildman–Crippen LogP) is 2.56. The molecule has 2 heterocycles. The van der Waals surface area contributed by atoms with Gasteiger partial charge in [-0.1, -0.05) is 18.2 Å². The Morgan fingerprint density at radius 1 is 1.14 bits per heavy atom. The van der Waals surface area contributed by atoms with E-state index in [-0.39, 0.29) is 5.82 Å². The van der Waals surface area contributed by atoms with Crippen LogP contribution in [0.5, 0.6) is 0 Å². The molecule has 2 aliphatic heterocycles. The Bertz CT molecular complexity index is 448. The molecule has 0 aromatic heterocycles. The molecule has 2 fully saturated rings. The number of hydrogen-bond acceptors (Lipinski definition) is 3. The van der Waals surface area contributed by atoms with Gasteiger partial charge < -0.3 is 10.1 Å².